The van der Waals surface area contributed by atoms with E-state index in [9.17, 15) is 14.4 Å². The zero-order chi connectivity index (χ0) is 23.1. The van der Waals surface area contributed by atoms with Crippen LogP contribution < -0.4 is 5.32 Å². The minimum Gasteiger partial charge on any atom is -0.449 e. The van der Waals surface area contributed by atoms with E-state index in [1.54, 1.807) is 79.7 Å². The van der Waals surface area contributed by atoms with Gasteiger partial charge < -0.3 is 10.1 Å². The van der Waals surface area contributed by atoms with Gasteiger partial charge in [0.1, 0.15) is 0 Å². The Morgan fingerprint density at radius 1 is 0.875 bits per heavy atom. The molecule has 1 amide bonds. The van der Waals surface area contributed by atoms with E-state index in [1.807, 2.05) is 0 Å². The highest BCUT2D eigenvalue weighted by molar-refractivity contribution is 6.31. The second kappa shape index (κ2) is 10.9. The number of rotatable bonds is 8. The van der Waals surface area contributed by atoms with Crippen LogP contribution in [-0.2, 0) is 14.3 Å². The van der Waals surface area contributed by atoms with Crippen molar-refractivity contribution < 1.29 is 19.1 Å². The van der Waals surface area contributed by atoms with Crippen LogP contribution in [0.15, 0.2) is 72.8 Å². The first-order valence-electron chi connectivity index (χ1n) is 9.94. The molecular formula is C25H21Cl2NO4. The van der Waals surface area contributed by atoms with Crippen LogP contribution in [0.5, 0.6) is 0 Å². The maximum Gasteiger partial charge on any atom is 0.307 e. The van der Waals surface area contributed by atoms with E-state index < -0.39 is 12.1 Å². The van der Waals surface area contributed by atoms with E-state index in [0.29, 0.717) is 26.9 Å². The molecule has 1 N–H and O–H groups in total. The van der Waals surface area contributed by atoms with E-state index in [1.165, 1.54) is 0 Å². The number of halogens is 2. The smallest absolute Gasteiger partial charge is 0.307 e. The third-order valence-electron chi connectivity index (χ3n) is 4.82. The molecule has 0 radical (unpaired) electrons. The maximum atomic E-state index is 13.0. The average molecular weight is 470 g/mol. The topological polar surface area (TPSA) is 72.5 Å². The standard InChI is InChI=1S/C25H21Cl2NO4/c1-16-20(27)8-5-9-21(16)28-22(29)14-15-23(30)32-25(18-10-12-19(26)13-11-18)24(31)17-6-3-2-4-7-17/h2-13,25H,14-15H2,1H3,(H,28,29)/t25-/m0/s1. The summed E-state index contributed by atoms with van der Waals surface area (Å²) in [5.74, 6) is -1.38. The normalized spacial score (nSPS) is 11.5. The Labute approximate surface area is 196 Å². The highest BCUT2D eigenvalue weighted by Crippen LogP contribution is 2.26. The van der Waals surface area contributed by atoms with Crippen LogP contribution in [0.3, 0.4) is 0 Å². The molecule has 0 saturated heterocycles. The number of hydrogen-bond acceptors (Lipinski definition) is 4. The van der Waals surface area contributed by atoms with Gasteiger partial charge in [0.25, 0.3) is 0 Å². The molecule has 0 bridgehead atoms. The number of amides is 1. The van der Waals surface area contributed by atoms with Gasteiger partial charge in [-0.05, 0) is 36.8 Å². The number of esters is 1. The van der Waals surface area contributed by atoms with Gasteiger partial charge in [-0.2, -0.15) is 0 Å². The van der Waals surface area contributed by atoms with Gasteiger partial charge in [0, 0.05) is 33.3 Å². The molecule has 3 aromatic carbocycles. The first-order valence-corrected chi connectivity index (χ1v) is 10.7. The number of carbonyl (C=O) groups excluding carboxylic acids is 3. The molecule has 32 heavy (non-hydrogen) atoms. The van der Waals surface area contributed by atoms with Crippen molar-refractivity contribution in [1.29, 1.82) is 0 Å². The van der Waals surface area contributed by atoms with Crippen molar-refractivity contribution in [2.24, 2.45) is 0 Å². The van der Waals surface area contributed by atoms with Crippen LogP contribution in [0.25, 0.3) is 0 Å². The zero-order valence-corrected chi connectivity index (χ0v) is 18.8. The largest absolute Gasteiger partial charge is 0.449 e. The molecule has 1 atom stereocenters. The molecule has 5 nitrogen and oxygen atoms in total. The summed E-state index contributed by atoms with van der Waals surface area (Å²) in [6, 6.07) is 20.3. The van der Waals surface area contributed by atoms with Gasteiger partial charge in [-0.3, -0.25) is 14.4 Å². The molecular weight excluding hydrogens is 449 g/mol. The fourth-order valence-electron chi connectivity index (χ4n) is 3.03. The Kier molecular flexibility index (Phi) is 8.03. The summed E-state index contributed by atoms with van der Waals surface area (Å²) in [6.07, 6.45) is -1.42. The van der Waals surface area contributed by atoms with Crippen LogP contribution in [0.1, 0.15) is 40.4 Å². The Hall–Kier alpha value is -3.15. The summed E-state index contributed by atoms with van der Waals surface area (Å²) in [5.41, 5.74) is 2.22. The molecule has 0 saturated carbocycles. The lowest BCUT2D eigenvalue weighted by molar-refractivity contribution is -0.148. The molecule has 3 aromatic rings. The van der Waals surface area contributed by atoms with Crippen molar-refractivity contribution in [3.8, 4) is 0 Å². The van der Waals surface area contributed by atoms with Crippen LogP contribution in [0.4, 0.5) is 5.69 Å². The lowest BCUT2D eigenvalue weighted by atomic mass is 10.00. The van der Waals surface area contributed by atoms with Crippen LogP contribution >= 0.6 is 23.2 Å². The van der Waals surface area contributed by atoms with Gasteiger partial charge in [0.2, 0.25) is 11.7 Å². The molecule has 0 unspecified atom stereocenters. The van der Waals surface area contributed by atoms with Gasteiger partial charge in [-0.25, -0.2) is 0 Å². The van der Waals surface area contributed by atoms with Crippen LogP contribution in [0, 0.1) is 6.92 Å². The fraction of sp³-hybridized carbons (Fsp3) is 0.160. The first kappa shape index (κ1) is 23.5. The summed E-state index contributed by atoms with van der Waals surface area (Å²) in [7, 11) is 0. The number of ketones is 1. The Balaban J connectivity index is 1.67. The number of benzene rings is 3. The highest BCUT2D eigenvalue weighted by atomic mass is 35.5. The lowest BCUT2D eigenvalue weighted by Crippen LogP contribution is -2.21. The van der Waals surface area contributed by atoms with Gasteiger partial charge in [0.15, 0.2) is 6.10 Å². The summed E-state index contributed by atoms with van der Waals surface area (Å²) in [6.45, 7) is 1.79. The summed E-state index contributed by atoms with van der Waals surface area (Å²) < 4.78 is 5.50. The molecule has 0 aliphatic carbocycles. The molecule has 0 aromatic heterocycles. The molecule has 0 aliphatic rings. The predicted molar refractivity (Wildman–Crippen MR) is 125 cm³/mol. The van der Waals surface area contributed by atoms with E-state index in [4.69, 9.17) is 27.9 Å². The van der Waals surface area contributed by atoms with E-state index in [-0.39, 0.29) is 24.5 Å². The van der Waals surface area contributed by atoms with Gasteiger partial charge in [0.05, 0.1) is 6.42 Å². The summed E-state index contributed by atoms with van der Waals surface area (Å²) in [5, 5.41) is 3.77. The monoisotopic (exact) mass is 469 g/mol. The third-order valence-corrected chi connectivity index (χ3v) is 5.48. The van der Waals surface area contributed by atoms with Crippen molar-refractivity contribution in [2.75, 3.05) is 5.32 Å². The van der Waals surface area contributed by atoms with E-state index in [2.05, 4.69) is 5.32 Å². The molecule has 164 valence electrons. The number of ether oxygens (including phenoxy) is 1. The summed E-state index contributed by atoms with van der Waals surface area (Å²) >= 11 is 12.0. The Morgan fingerprint density at radius 3 is 2.25 bits per heavy atom. The van der Waals surface area contributed by atoms with E-state index >= 15 is 0 Å². The second-order valence-electron chi connectivity index (χ2n) is 7.11. The maximum absolute atomic E-state index is 13.0. The van der Waals surface area contributed by atoms with Crippen molar-refractivity contribution in [3.05, 3.63) is 99.5 Å². The molecule has 7 heteroatoms. The van der Waals surface area contributed by atoms with Gasteiger partial charge >= 0.3 is 5.97 Å². The number of nitrogens with one attached hydrogen (secondary N) is 1. The predicted octanol–water partition coefficient (Wildman–Crippen LogP) is 6.19. The number of carbonyl (C=O) groups is 3. The first-order chi connectivity index (χ1) is 15.3. The van der Waals surface area contributed by atoms with Crippen molar-refractivity contribution in [2.45, 2.75) is 25.9 Å². The quantitative estimate of drug-likeness (QED) is 0.315. The number of hydrogen-bond donors (Lipinski definition) is 1. The molecule has 0 aliphatic heterocycles. The molecule has 3 rings (SSSR count). The molecule has 0 spiro atoms. The van der Waals surface area contributed by atoms with Crippen LogP contribution in [-0.4, -0.2) is 17.7 Å². The second-order valence-corrected chi connectivity index (χ2v) is 7.96. The van der Waals surface area contributed by atoms with Crippen LogP contribution in [0.2, 0.25) is 10.0 Å². The Morgan fingerprint density at radius 2 is 1.56 bits per heavy atom. The minimum atomic E-state index is -1.14. The molecule has 0 fully saturated rings. The highest BCUT2D eigenvalue weighted by Gasteiger charge is 2.26. The van der Waals surface area contributed by atoms with Gasteiger partial charge in [-0.1, -0.05) is 71.7 Å². The molecule has 0 heterocycles. The van der Waals surface area contributed by atoms with Crippen molar-refractivity contribution >= 4 is 46.5 Å². The lowest BCUT2D eigenvalue weighted by Gasteiger charge is -2.18. The van der Waals surface area contributed by atoms with E-state index in [0.717, 1.165) is 5.56 Å². The Bertz CT molecular complexity index is 1110. The minimum absolute atomic E-state index is 0.0996. The number of Topliss-reactive ketones (excluding diaryl/α,β-unsaturated/α-hetero) is 1. The zero-order valence-electron chi connectivity index (χ0n) is 17.3. The third kappa shape index (κ3) is 6.19. The van der Waals surface area contributed by atoms with Crippen molar-refractivity contribution in [1.82, 2.24) is 0 Å². The average Bonchev–Trinajstić information content (AvgIpc) is 2.80. The van der Waals surface area contributed by atoms with Gasteiger partial charge in [-0.15, -0.1) is 0 Å². The van der Waals surface area contributed by atoms with Crippen molar-refractivity contribution in [3.63, 3.8) is 0 Å². The summed E-state index contributed by atoms with van der Waals surface area (Å²) in [4.78, 5) is 37.8. The number of anilines is 1. The SMILES string of the molecule is Cc1c(Cl)cccc1NC(=O)CCC(=O)O[C@H](C(=O)c1ccccc1)c1ccc(Cl)cc1. The fourth-order valence-corrected chi connectivity index (χ4v) is 3.33.